The molecule has 158 valence electrons. The normalized spacial score (nSPS) is 12.1. The number of alkyl halides is 3. The average molecular weight is 432 g/mol. The Balaban J connectivity index is 1.99. The molecule has 29 heavy (non-hydrogen) atoms. The zero-order valence-electron chi connectivity index (χ0n) is 15.6. The number of rotatable bonds is 8. The first-order valence-corrected chi connectivity index (χ1v) is 9.67. The number of sulfonamides is 1. The van der Waals surface area contributed by atoms with Gasteiger partial charge in [-0.05, 0) is 42.0 Å². The second kappa shape index (κ2) is 9.25. The molecule has 0 heterocycles. The summed E-state index contributed by atoms with van der Waals surface area (Å²) in [5.41, 5.74) is 0.757. The van der Waals surface area contributed by atoms with Crippen LogP contribution in [0.1, 0.15) is 15.9 Å². The van der Waals surface area contributed by atoms with Crippen LogP contribution < -0.4 is 10.1 Å². The number of benzene rings is 2. The van der Waals surface area contributed by atoms with Crippen molar-refractivity contribution in [1.82, 2.24) is 9.79 Å². The van der Waals surface area contributed by atoms with Crippen molar-refractivity contribution in [2.24, 2.45) is 0 Å². The Morgan fingerprint density at radius 3 is 2.38 bits per heavy atom. The van der Waals surface area contributed by atoms with Crippen LogP contribution >= 0.6 is 0 Å². The SMILES string of the molecule is CON(C)S(=O)(=O)c1ccc(C(=O)NCc2cccc(OCC(F)(F)F)c2)cc1. The molecule has 7 nitrogen and oxygen atoms in total. The van der Waals surface area contributed by atoms with Crippen LogP contribution in [-0.4, -0.2) is 45.7 Å². The van der Waals surface area contributed by atoms with Crippen LogP contribution in [0.25, 0.3) is 0 Å². The second-order valence-electron chi connectivity index (χ2n) is 5.86. The predicted molar refractivity (Wildman–Crippen MR) is 97.6 cm³/mol. The highest BCUT2D eigenvalue weighted by atomic mass is 32.2. The monoisotopic (exact) mass is 432 g/mol. The lowest BCUT2D eigenvalue weighted by atomic mass is 10.2. The van der Waals surface area contributed by atoms with Gasteiger partial charge in [0.05, 0.1) is 12.0 Å². The van der Waals surface area contributed by atoms with Crippen LogP contribution in [-0.2, 0) is 21.4 Å². The maximum Gasteiger partial charge on any atom is 0.422 e. The third kappa shape index (κ3) is 6.44. The Hall–Kier alpha value is -2.63. The number of nitrogens with zero attached hydrogens (tertiary/aromatic N) is 1. The van der Waals surface area contributed by atoms with Gasteiger partial charge in [-0.1, -0.05) is 16.6 Å². The van der Waals surface area contributed by atoms with Gasteiger partial charge >= 0.3 is 6.18 Å². The highest BCUT2D eigenvalue weighted by molar-refractivity contribution is 7.89. The Morgan fingerprint density at radius 2 is 1.79 bits per heavy atom. The molecule has 0 bridgehead atoms. The number of carbonyl (C=O) groups excluding carboxylic acids is 1. The Labute approximate surface area is 166 Å². The molecule has 0 saturated carbocycles. The van der Waals surface area contributed by atoms with Gasteiger partial charge in [0.2, 0.25) is 0 Å². The van der Waals surface area contributed by atoms with Gasteiger partial charge in [0, 0.05) is 19.2 Å². The van der Waals surface area contributed by atoms with Gasteiger partial charge in [0.25, 0.3) is 15.9 Å². The van der Waals surface area contributed by atoms with Gasteiger partial charge in [-0.25, -0.2) is 8.42 Å². The van der Waals surface area contributed by atoms with Crippen molar-refractivity contribution in [3.05, 3.63) is 59.7 Å². The third-order valence-corrected chi connectivity index (χ3v) is 5.46. The number of ether oxygens (including phenoxy) is 1. The molecular formula is C18H19F3N2O5S. The van der Waals surface area contributed by atoms with E-state index in [4.69, 9.17) is 0 Å². The molecule has 2 aromatic carbocycles. The van der Waals surface area contributed by atoms with E-state index in [0.717, 1.165) is 0 Å². The summed E-state index contributed by atoms with van der Waals surface area (Å²) >= 11 is 0. The van der Waals surface area contributed by atoms with Crippen LogP contribution in [0.2, 0.25) is 0 Å². The minimum absolute atomic E-state index is 0.0332. The number of hydroxylamine groups is 1. The molecule has 1 N–H and O–H groups in total. The summed E-state index contributed by atoms with van der Waals surface area (Å²) in [4.78, 5) is 16.9. The van der Waals surface area contributed by atoms with Gasteiger partial charge < -0.3 is 10.1 Å². The van der Waals surface area contributed by atoms with Crippen molar-refractivity contribution < 1.29 is 36.0 Å². The van der Waals surface area contributed by atoms with E-state index in [2.05, 4.69) is 14.9 Å². The Morgan fingerprint density at radius 1 is 1.14 bits per heavy atom. The topological polar surface area (TPSA) is 84.9 Å². The maximum absolute atomic E-state index is 12.2. The number of nitrogens with one attached hydrogen (secondary N) is 1. The van der Waals surface area contributed by atoms with Crippen molar-refractivity contribution in [3.63, 3.8) is 0 Å². The standard InChI is InChI=1S/C18H19F3N2O5S/c1-23(27-2)29(25,26)16-8-6-14(7-9-16)17(24)22-11-13-4-3-5-15(10-13)28-12-18(19,20)21/h3-10H,11-12H2,1-2H3,(H,22,24). The van der Waals surface area contributed by atoms with Gasteiger partial charge in [0.15, 0.2) is 6.61 Å². The smallest absolute Gasteiger partial charge is 0.422 e. The Bertz CT molecular complexity index is 947. The minimum atomic E-state index is -4.44. The van der Waals surface area contributed by atoms with E-state index < -0.39 is 28.7 Å². The lowest BCUT2D eigenvalue weighted by molar-refractivity contribution is -0.153. The first-order chi connectivity index (χ1) is 13.5. The van der Waals surface area contributed by atoms with Crippen LogP contribution in [0.15, 0.2) is 53.4 Å². The quantitative estimate of drug-likeness (QED) is 0.649. The largest absolute Gasteiger partial charge is 0.484 e. The van der Waals surface area contributed by atoms with Gasteiger partial charge in [-0.2, -0.15) is 13.2 Å². The maximum atomic E-state index is 12.2. The zero-order chi connectivity index (χ0) is 21.7. The molecule has 0 unspecified atom stereocenters. The van der Waals surface area contributed by atoms with Crippen molar-refractivity contribution in [3.8, 4) is 5.75 Å². The summed E-state index contributed by atoms with van der Waals surface area (Å²) in [5, 5.41) is 2.61. The van der Waals surface area contributed by atoms with Crippen molar-refractivity contribution in [2.75, 3.05) is 20.8 Å². The lowest BCUT2D eigenvalue weighted by Gasteiger charge is -2.14. The first-order valence-electron chi connectivity index (χ1n) is 8.23. The molecule has 2 rings (SSSR count). The van der Waals surface area contributed by atoms with Crippen LogP contribution in [0.5, 0.6) is 5.75 Å². The molecule has 0 spiro atoms. The number of halogens is 3. The van der Waals surface area contributed by atoms with Crippen LogP contribution in [0.4, 0.5) is 13.2 Å². The van der Waals surface area contributed by atoms with E-state index in [1.54, 1.807) is 6.07 Å². The lowest BCUT2D eigenvalue weighted by Crippen LogP contribution is -2.26. The zero-order valence-corrected chi connectivity index (χ0v) is 16.4. The first kappa shape index (κ1) is 22.7. The number of amides is 1. The molecule has 0 saturated heterocycles. The van der Waals surface area contributed by atoms with Gasteiger partial charge in [-0.15, -0.1) is 0 Å². The van der Waals surface area contributed by atoms with Crippen molar-refractivity contribution in [1.29, 1.82) is 0 Å². The van der Waals surface area contributed by atoms with Gasteiger partial charge in [0.1, 0.15) is 5.75 Å². The molecule has 0 radical (unpaired) electrons. The highest BCUT2D eigenvalue weighted by Crippen LogP contribution is 2.19. The fourth-order valence-corrected chi connectivity index (χ4v) is 3.19. The molecule has 0 aromatic heterocycles. The molecule has 2 aromatic rings. The minimum Gasteiger partial charge on any atom is -0.484 e. The number of hydrogen-bond donors (Lipinski definition) is 1. The Kier molecular flexibility index (Phi) is 7.22. The van der Waals surface area contributed by atoms with E-state index in [-0.39, 0.29) is 22.8 Å². The molecule has 0 atom stereocenters. The summed E-state index contributed by atoms with van der Waals surface area (Å²) in [7, 11) is -1.37. The van der Waals surface area contributed by atoms with E-state index in [0.29, 0.717) is 10.0 Å². The molecule has 11 heteroatoms. The highest BCUT2D eigenvalue weighted by Gasteiger charge is 2.28. The molecule has 0 aliphatic rings. The van der Waals surface area contributed by atoms with E-state index >= 15 is 0 Å². The fourth-order valence-electron chi connectivity index (χ4n) is 2.22. The summed E-state index contributed by atoms with van der Waals surface area (Å²) in [6.07, 6.45) is -4.44. The third-order valence-electron chi connectivity index (χ3n) is 3.76. The van der Waals surface area contributed by atoms with Crippen LogP contribution in [0, 0.1) is 0 Å². The molecule has 0 aliphatic carbocycles. The van der Waals surface area contributed by atoms with E-state index in [1.165, 1.54) is 56.6 Å². The number of hydrogen-bond acceptors (Lipinski definition) is 5. The van der Waals surface area contributed by atoms with E-state index in [9.17, 15) is 26.4 Å². The summed E-state index contributed by atoms with van der Waals surface area (Å²) < 4.78 is 66.3. The molecule has 0 aliphatic heterocycles. The molecular weight excluding hydrogens is 413 g/mol. The van der Waals surface area contributed by atoms with Crippen LogP contribution in [0.3, 0.4) is 0 Å². The molecule has 1 amide bonds. The summed E-state index contributed by atoms with van der Waals surface area (Å²) in [6.45, 7) is -1.36. The van der Waals surface area contributed by atoms with Gasteiger partial charge in [-0.3, -0.25) is 9.63 Å². The van der Waals surface area contributed by atoms with E-state index in [1.807, 2.05) is 0 Å². The predicted octanol–water partition coefficient (Wildman–Crippen LogP) is 2.74. The number of carbonyl (C=O) groups is 1. The molecule has 0 fully saturated rings. The summed E-state index contributed by atoms with van der Waals surface area (Å²) in [5.74, 6) is -0.443. The fraction of sp³-hybridized carbons (Fsp3) is 0.278. The second-order valence-corrected chi connectivity index (χ2v) is 7.79. The average Bonchev–Trinajstić information content (AvgIpc) is 2.69. The van der Waals surface area contributed by atoms with Crippen molar-refractivity contribution in [2.45, 2.75) is 17.6 Å². The van der Waals surface area contributed by atoms with Crippen molar-refractivity contribution >= 4 is 15.9 Å². The summed E-state index contributed by atoms with van der Waals surface area (Å²) in [6, 6.07) is 11.1.